The van der Waals surface area contributed by atoms with Crippen LogP contribution < -0.4 is 20.5 Å². The summed E-state index contributed by atoms with van der Waals surface area (Å²) in [6.45, 7) is 0.556. The van der Waals surface area contributed by atoms with Crippen molar-refractivity contribution in [3.63, 3.8) is 0 Å². The Hall–Kier alpha value is -2.46. The summed E-state index contributed by atoms with van der Waals surface area (Å²) in [6.07, 6.45) is 1.68. The van der Waals surface area contributed by atoms with Crippen LogP contribution in [-0.2, 0) is 6.54 Å². The number of hydrogen-bond donors (Lipinski definition) is 2. The van der Waals surface area contributed by atoms with Crippen LogP contribution in [-0.4, -0.2) is 19.2 Å². The Morgan fingerprint density at radius 1 is 1.45 bits per heavy atom. The number of rotatable bonds is 5. The van der Waals surface area contributed by atoms with Gasteiger partial charge in [-0.05, 0) is 11.6 Å². The van der Waals surface area contributed by atoms with Crippen molar-refractivity contribution >= 4 is 22.0 Å². The topological polar surface area (TPSA) is 93.2 Å². The van der Waals surface area contributed by atoms with Gasteiger partial charge in [-0.15, -0.1) is 11.3 Å². The van der Waals surface area contributed by atoms with Crippen LogP contribution in [0, 0.1) is 11.3 Å². The largest absolute Gasteiger partial charge is 0.492 e. The molecule has 20 heavy (non-hydrogen) atoms. The number of ether oxygens (including phenoxy) is 2. The van der Waals surface area contributed by atoms with Crippen molar-refractivity contribution in [3.05, 3.63) is 28.8 Å². The van der Waals surface area contributed by atoms with Crippen LogP contribution in [0.4, 0.5) is 10.7 Å². The van der Waals surface area contributed by atoms with Gasteiger partial charge in [0.15, 0.2) is 5.75 Å². The maximum atomic E-state index is 8.98. The second kappa shape index (κ2) is 6.12. The van der Waals surface area contributed by atoms with Crippen LogP contribution in [0.5, 0.6) is 11.6 Å². The molecule has 3 N–H and O–H groups in total. The Bertz CT molecular complexity index is 648. The summed E-state index contributed by atoms with van der Waals surface area (Å²) < 4.78 is 10.3. The predicted octanol–water partition coefficient (Wildman–Crippen LogP) is 2.23. The van der Waals surface area contributed by atoms with Gasteiger partial charge in [0.05, 0.1) is 14.2 Å². The molecule has 0 amide bonds. The van der Waals surface area contributed by atoms with Crippen molar-refractivity contribution in [3.8, 4) is 17.7 Å². The zero-order chi connectivity index (χ0) is 14.5. The number of hydrogen-bond acceptors (Lipinski definition) is 7. The van der Waals surface area contributed by atoms with Gasteiger partial charge in [0.1, 0.15) is 21.6 Å². The van der Waals surface area contributed by atoms with Gasteiger partial charge in [0.25, 0.3) is 0 Å². The summed E-state index contributed by atoms with van der Waals surface area (Å²) in [4.78, 5) is 4.48. The fourth-order valence-electron chi connectivity index (χ4n) is 1.69. The first-order valence-corrected chi connectivity index (χ1v) is 6.60. The molecule has 2 heterocycles. The number of nitrogens with two attached hydrogens (primary N) is 1. The number of methoxy groups -OCH3 is 2. The van der Waals surface area contributed by atoms with Crippen LogP contribution in [0.3, 0.4) is 0 Å². The fraction of sp³-hybridized carbons (Fsp3) is 0.231. The molecule has 0 saturated carbocycles. The average Bonchev–Trinajstić information content (AvgIpc) is 2.80. The Labute approximate surface area is 120 Å². The fourth-order valence-corrected chi connectivity index (χ4v) is 2.57. The van der Waals surface area contributed by atoms with E-state index in [1.165, 1.54) is 18.4 Å². The minimum absolute atomic E-state index is 0.370. The van der Waals surface area contributed by atoms with Gasteiger partial charge in [-0.1, -0.05) is 0 Å². The molecule has 7 heteroatoms. The monoisotopic (exact) mass is 290 g/mol. The molecule has 2 rings (SSSR count). The highest BCUT2D eigenvalue weighted by Crippen LogP contribution is 2.42. The molecule has 0 unspecified atom stereocenters. The summed E-state index contributed by atoms with van der Waals surface area (Å²) in [6, 6.07) is 5.76. The molecule has 0 spiro atoms. The maximum Gasteiger partial charge on any atom is 0.213 e. The van der Waals surface area contributed by atoms with E-state index in [0.29, 0.717) is 28.7 Å². The highest BCUT2D eigenvalue weighted by molar-refractivity contribution is 7.17. The van der Waals surface area contributed by atoms with Gasteiger partial charge < -0.3 is 20.5 Å². The molecule has 104 valence electrons. The second-order valence-corrected chi connectivity index (χ2v) is 4.90. The van der Waals surface area contributed by atoms with Crippen LogP contribution in [0.15, 0.2) is 18.3 Å². The van der Waals surface area contributed by atoms with E-state index in [9.17, 15) is 0 Å². The third kappa shape index (κ3) is 2.75. The van der Waals surface area contributed by atoms with Crippen LogP contribution in [0.1, 0.15) is 10.4 Å². The van der Waals surface area contributed by atoms with Crippen molar-refractivity contribution in [1.82, 2.24) is 4.98 Å². The van der Waals surface area contributed by atoms with Crippen LogP contribution in [0.25, 0.3) is 0 Å². The molecule has 0 aromatic carbocycles. The van der Waals surface area contributed by atoms with E-state index in [-0.39, 0.29) is 0 Å². The number of nitrogens with zero attached hydrogens (tertiary/aromatic N) is 2. The van der Waals surface area contributed by atoms with Gasteiger partial charge in [0, 0.05) is 18.8 Å². The van der Waals surface area contributed by atoms with E-state index in [4.69, 9.17) is 20.5 Å². The van der Waals surface area contributed by atoms with E-state index in [2.05, 4.69) is 16.4 Å². The van der Waals surface area contributed by atoms with Crippen molar-refractivity contribution in [2.75, 3.05) is 25.3 Å². The normalized spacial score (nSPS) is 9.85. The zero-order valence-electron chi connectivity index (χ0n) is 11.1. The Balaban J connectivity index is 2.16. The maximum absolute atomic E-state index is 8.98. The lowest BCUT2D eigenvalue weighted by atomic mass is 10.2. The molecule has 2 aromatic heterocycles. The van der Waals surface area contributed by atoms with E-state index >= 15 is 0 Å². The van der Waals surface area contributed by atoms with Crippen LogP contribution >= 0.6 is 11.3 Å². The van der Waals surface area contributed by atoms with E-state index < -0.39 is 0 Å². The minimum atomic E-state index is 0.370. The molecule has 6 nitrogen and oxygen atoms in total. The predicted molar refractivity (Wildman–Crippen MR) is 78.1 cm³/mol. The number of anilines is 2. The first-order chi connectivity index (χ1) is 9.69. The van der Waals surface area contributed by atoms with E-state index in [0.717, 1.165) is 10.6 Å². The highest BCUT2D eigenvalue weighted by Gasteiger charge is 2.16. The Morgan fingerprint density at radius 3 is 2.90 bits per heavy atom. The zero-order valence-corrected chi connectivity index (χ0v) is 12.0. The van der Waals surface area contributed by atoms with E-state index in [1.54, 1.807) is 13.3 Å². The highest BCUT2D eigenvalue weighted by atomic mass is 32.1. The van der Waals surface area contributed by atoms with Crippen molar-refractivity contribution in [2.24, 2.45) is 0 Å². The molecule has 0 aliphatic rings. The lowest BCUT2D eigenvalue weighted by Crippen LogP contribution is -2.00. The molecule has 0 bridgehead atoms. The SMILES string of the molecule is COc1cc(CNc2sc(C#N)c(N)c2OC)ccn1. The quantitative estimate of drug-likeness (QED) is 0.877. The first kappa shape index (κ1) is 14.0. The Morgan fingerprint density at radius 2 is 2.25 bits per heavy atom. The molecule has 0 saturated heterocycles. The number of thiophene rings is 1. The number of nitrogens with one attached hydrogen (secondary N) is 1. The molecular weight excluding hydrogens is 276 g/mol. The van der Waals surface area contributed by atoms with Gasteiger partial charge in [-0.2, -0.15) is 5.26 Å². The van der Waals surface area contributed by atoms with Crippen molar-refractivity contribution in [1.29, 1.82) is 5.26 Å². The number of nitrogen functional groups attached to an aromatic ring is 1. The summed E-state index contributed by atoms with van der Waals surface area (Å²) in [5.74, 6) is 1.06. The van der Waals surface area contributed by atoms with E-state index in [1.807, 2.05) is 12.1 Å². The Kier molecular flexibility index (Phi) is 4.27. The van der Waals surface area contributed by atoms with Gasteiger partial charge >= 0.3 is 0 Å². The first-order valence-electron chi connectivity index (χ1n) is 5.78. The average molecular weight is 290 g/mol. The lowest BCUT2D eigenvalue weighted by Gasteiger charge is -2.07. The van der Waals surface area contributed by atoms with Crippen molar-refractivity contribution in [2.45, 2.75) is 6.54 Å². The smallest absolute Gasteiger partial charge is 0.213 e. The van der Waals surface area contributed by atoms with Gasteiger partial charge in [-0.3, -0.25) is 0 Å². The molecule has 2 aromatic rings. The molecular formula is C13H14N4O2S. The number of nitriles is 1. The minimum Gasteiger partial charge on any atom is -0.492 e. The molecule has 0 aliphatic carbocycles. The summed E-state index contributed by atoms with van der Waals surface area (Å²) in [5.41, 5.74) is 7.21. The standard InChI is InChI=1S/C13H14N4O2S/c1-18-10-5-8(3-4-16-10)7-17-13-12(19-2)11(15)9(6-14)20-13/h3-5,17H,7,15H2,1-2H3. The molecule has 0 radical (unpaired) electrons. The lowest BCUT2D eigenvalue weighted by molar-refractivity contribution is 0.397. The number of pyridine rings is 1. The van der Waals surface area contributed by atoms with Crippen molar-refractivity contribution < 1.29 is 9.47 Å². The molecule has 0 aliphatic heterocycles. The van der Waals surface area contributed by atoms with Crippen LogP contribution in [0.2, 0.25) is 0 Å². The summed E-state index contributed by atoms with van der Waals surface area (Å²) >= 11 is 1.27. The second-order valence-electron chi connectivity index (χ2n) is 3.88. The van der Waals surface area contributed by atoms with Gasteiger partial charge in [-0.25, -0.2) is 4.98 Å². The third-order valence-electron chi connectivity index (χ3n) is 2.67. The summed E-state index contributed by atoms with van der Waals surface area (Å²) in [7, 11) is 3.10. The molecule has 0 fully saturated rings. The molecule has 0 atom stereocenters. The number of aromatic nitrogens is 1. The third-order valence-corrected chi connectivity index (χ3v) is 3.72. The summed E-state index contributed by atoms with van der Waals surface area (Å²) in [5, 5.41) is 12.9. The van der Waals surface area contributed by atoms with Gasteiger partial charge in [0.2, 0.25) is 5.88 Å².